The Bertz CT molecular complexity index is 3550. The smallest absolute Gasteiger partial charge is 0.149 e. The van der Waals surface area contributed by atoms with E-state index in [9.17, 15) is 6.48 Å². The van der Waals surface area contributed by atoms with Crippen molar-refractivity contribution in [2.45, 2.75) is 150 Å². The molecule has 0 aliphatic rings. The number of fused-ring (bicyclic) bond motifs is 1. The Balaban J connectivity index is 1.39. The summed E-state index contributed by atoms with van der Waals surface area (Å²) in [5.41, 5.74) is 9.70. The summed E-state index contributed by atoms with van der Waals surface area (Å²) >= 11 is 0. The minimum absolute atomic E-state index is 0.0700. The number of hydrogen-bond acceptors (Lipinski definition) is 3. The second kappa shape index (κ2) is 17.6. The zero-order chi connectivity index (χ0) is 58.6. The van der Waals surface area contributed by atoms with Crippen molar-refractivity contribution < 1.29 is 18.8 Å². The fraction of sp³-hybridized carbons (Fsp3) is 0.354. The van der Waals surface area contributed by atoms with Crippen molar-refractivity contribution in [2.24, 2.45) is 0 Å². The molecule has 2 aromatic heterocycles. The van der Waals surface area contributed by atoms with Gasteiger partial charge in [0.15, 0.2) is 0 Å². The van der Waals surface area contributed by atoms with Crippen LogP contribution >= 0.6 is 0 Å². The summed E-state index contributed by atoms with van der Waals surface area (Å²) in [5.74, 6) is -0.191. The van der Waals surface area contributed by atoms with Crippen molar-refractivity contribution in [3.8, 4) is 67.5 Å². The van der Waals surface area contributed by atoms with Crippen molar-refractivity contribution in [1.82, 2.24) is 14.5 Å². The molecule has 1 N–H and O–H groups in total. The predicted octanol–water partition coefficient (Wildman–Crippen LogP) is 18.1. The molecule has 0 aliphatic carbocycles. The molecule has 0 aliphatic heterocycles. The molecule has 0 spiro atoms. The number of imidazole rings is 1. The maximum absolute atomic E-state index is 12.7. The highest BCUT2D eigenvalue weighted by atomic mass is 16.3. The van der Waals surface area contributed by atoms with Crippen LogP contribution in [-0.2, 0) is 27.1 Å². The monoisotopic (exact) mass is 924 g/mol. The number of benzene rings is 6. The van der Waals surface area contributed by atoms with Crippen molar-refractivity contribution in [2.75, 3.05) is 0 Å². The molecule has 0 fully saturated rings. The Morgan fingerprint density at radius 2 is 1.10 bits per heavy atom. The molecular weight excluding hydrogens is 839 g/mol. The number of para-hydroxylation sites is 1. The summed E-state index contributed by atoms with van der Waals surface area (Å²) < 4.78 is 85.5. The van der Waals surface area contributed by atoms with Gasteiger partial charge in [0.2, 0.25) is 0 Å². The summed E-state index contributed by atoms with van der Waals surface area (Å²) in [6, 6.07) is 41.1. The summed E-state index contributed by atoms with van der Waals surface area (Å²) in [5, 5.41) is 12.7. The first kappa shape index (κ1) is 37.6. The first-order valence-corrected chi connectivity index (χ1v) is 24.0. The van der Waals surface area contributed by atoms with Crippen molar-refractivity contribution in [1.29, 1.82) is 0 Å². The molecule has 6 aromatic carbocycles. The van der Waals surface area contributed by atoms with Crippen LogP contribution in [0.5, 0.6) is 5.75 Å². The highest BCUT2D eigenvalue weighted by molar-refractivity contribution is 5.98. The second-order valence-corrected chi connectivity index (χ2v) is 23.2. The zero-order valence-electron chi connectivity index (χ0n) is 53.0. The maximum Gasteiger partial charge on any atom is 0.149 e. The number of aromatic nitrogens is 3. The lowest BCUT2D eigenvalue weighted by Gasteiger charge is -2.27. The largest absolute Gasteiger partial charge is 0.507 e. The molecule has 4 nitrogen and oxygen atoms in total. The molecule has 356 valence electrons. The molecule has 0 radical (unpaired) electrons. The molecule has 0 bridgehead atoms. The van der Waals surface area contributed by atoms with Gasteiger partial charge in [-0.2, -0.15) is 0 Å². The maximum atomic E-state index is 12.7. The topological polar surface area (TPSA) is 50.9 Å². The molecule has 0 unspecified atom stereocenters. The number of rotatable bonds is 7. The van der Waals surface area contributed by atoms with Gasteiger partial charge in [0.05, 0.1) is 28.0 Å². The Labute approximate surface area is 428 Å². The van der Waals surface area contributed by atoms with Crippen LogP contribution in [0.25, 0.3) is 72.7 Å². The Morgan fingerprint density at radius 3 is 1.70 bits per heavy atom. The van der Waals surface area contributed by atoms with E-state index in [1.54, 1.807) is 24.4 Å². The van der Waals surface area contributed by atoms with E-state index in [1.807, 2.05) is 32.0 Å². The molecular formula is C65H75N3O. The summed E-state index contributed by atoms with van der Waals surface area (Å²) in [4.78, 5) is 10.5. The average molecular weight is 924 g/mol. The number of phenols is 1. The lowest BCUT2D eigenvalue weighted by molar-refractivity contribution is 0.446. The van der Waals surface area contributed by atoms with Crippen LogP contribution in [0.4, 0.5) is 0 Å². The van der Waals surface area contributed by atoms with Gasteiger partial charge >= 0.3 is 0 Å². The normalized spacial score (nSPS) is 15.7. The van der Waals surface area contributed by atoms with Crippen molar-refractivity contribution >= 4 is 11.0 Å². The third-order valence-electron chi connectivity index (χ3n) is 13.4. The van der Waals surface area contributed by atoms with Gasteiger partial charge in [0.1, 0.15) is 11.6 Å². The van der Waals surface area contributed by atoms with Crippen LogP contribution in [0.15, 0.2) is 134 Å². The van der Waals surface area contributed by atoms with Gasteiger partial charge in [-0.15, -0.1) is 0 Å². The average Bonchev–Trinajstić information content (AvgIpc) is 3.85. The molecule has 0 amide bonds. The molecule has 0 atom stereocenters. The second-order valence-electron chi connectivity index (χ2n) is 23.2. The van der Waals surface area contributed by atoms with E-state index in [1.165, 1.54) is 17.7 Å². The first-order valence-electron chi connectivity index (χ1n) is 29.0. The molecule has 0 saturated carbocycles. The first-order chi connectivity index (χ1) is 36.1. The molecule has 0 saturated heterocycles. The fourth-order valence-corrected chi connectivity index (χ4v) is 9.03. The standard InChI is InChI=1S/C65H75N3O/c1-40(2)43-25-30-56(52(36-43)42-23-28-48(29-24-42)62(6,7)8)68-57-20-18-19-51(58(57)67-60(68)53-38-50(64(12,13)14)39-54(59(53)69)65(15,16)17)45-33-46(35-49(34-45)63(9,10)11)55-37-44(31-32-66-55)41-21-26-47(27-22-41)61(3,4)5/h18-40,69H,1-17H3/i3D3,4D3,5D3,40D. The van der Waals surface area contributed by atoms with Gasteiger partial charge in [0.25, 0.3) is 0 Å². The van der Waals surface area contributed by atoms with Crippen LogP contribution < -0.4 is 0 Å². The van der Waals surface area contributed by atoms with Crippen LogP contribution in [-0.4, -0.2) is 19.6 Å². The van der Waals surface area contributed by atoms with Crippen LogP contribution in [0.3, 0.4) is 0 Å². The van der Waals surface area contributed by atoms with Gasteiger partial charge in [-0.1, -0.05) is 196 Å². The summed E-state index contributed by atoms with van der Waals surface area (Å²) in [6.07, 6.45) is 1.68. The quantitative estimate of drug-likeness (QED) is 0.173. The summed E-state index contributed by atoms with van der Waals surface area (Å²) in [6.45, 7) is 19.6. The van der Waals surface area contributed by atoms with Gasteiger partial charge in [-0.05, 0) is 132 Å². The Morgan fingerprint density at radius 1 is 0.507 bits per heavy atom. The number of aromatic hydroxyl groups is 1. The molecule has 69 heavy (non-hydrogen) atoms. The van der Waals surface area contributed by atoms with E-state index in [2.05, 4.69) is 167 Å². The van der Waals surface area contributed by atoms with E-state index in [0.717, 1.165) is 61.3 Å². The number of pyridine rings is 1. The van der Waals surface area contributed by atoms with E-state index < -0.39 is 37.3 Å². The SMILES string of the molecule is [2H]C(C)(C)c1ccc(-n2c(-c3cc(C(C)(C)C)cc(C(C)(C)C)c3O)nc3c(-c4cc(-c5cc(-c6ccc(C(C([2H])([2H])[2H])(C([2H])([2H])[2H])C([2H])([2H])[2H])cc6)ccn5)cc(C(C)(C)C)c4)cccc32)c(-c2ccc(C(C)(C)C)cc2)c1. The third kappa shape index (κ3) is 9.96. The van der Waals surface area contributed by atoms with Crippen molar-refractivity contribution in [3.63, 3.8) is 0 Å². The summed E-state index contributed by atoms with van der Waals surface area (Å²) in [7, 11) is 0. The van der Waals surface area contributed by atoms with Gasteiger partial charge < -0.3 is 5.11 Å². The molecule has 2 heterocycles. The Kier molecular flexibility index (Phi) is 9.60. The minimum atomic E-state index is -3.38. The molecule has 8 rings (SSSR count). The fourth-order valence-electron chi connectivity index (χ4n) is 9.03. The molecule has 8 aromatic rings. The predicted molar refractivity (Wildman–Crippen MR) is 295 cm³/mol. The number of hydrogen-bond donors (Lipinski definition) is 1. The van der Waals surface area contributed by atoms with Gasteiger partial charge in [-0.3, -0.25) is 9.55 Å². The van der Waals surface area contributed by atoms with Crippen molar-refractivity contribution in [3.05, 3.63) is 167 Å². The van der Waals surface area contributed by atoms with Gasteiger partial charge in [0, 0.05) is 42.2 Å². The molecule has 4 heteroatoms. The van der Waals surface area contributed by atoms with Crippen LogP contribution in [0.2, 0.25) is 0 Å². The van der Waals surface area contributed by atoms with E-state index in [4.69, 9.17) is 22.3 Å². The van der Waals surface area contributed by atoms with Gasteiger partial charge in [-0.25, -0.2) is 4.98 Å². The highest BCUT2D eigenvalue weighted by Gasteiger charge is 2.30. The minimum Gasteiger partial charge on any atom is -0.507 e. The third-order valence-corrected chi connectivity index (χ3v) is 13.4. The van der Waals surface area contributed by atoms with E-state index >= 15 is 0 Å². The van der Waals surface area contributed by atoms with Crippen LogP contribution in [0, 0.1) is 0 Å². The lowest BCUT2D eigenvalue weighted by atomic mass is 9.79. The number of nitrogens with zero attached hydrogens (tertiary/aromatic N) is 3. The van der Waals surface area contributed by atoms with E-state index in [-0.39, 0.29) is 27.6 Å². The highest BCUT2D eigenvalue weighted by Crippen LogP contribution is 2.46. The zero-order valence-corrected chi connectivity index (χ0v) is 43.0. The van der Waals surface area contributed by atoms with Crippen LogP contribution in [0.1, 0.15) is 170 Å². The lowest BCUT2D eigenvalue weighted by Crippen LogP contribution is -2.17. The number of phenolic OH excluding ortho intramolecular Hbond substituents is 1. The van der Waals surface area contributed by atoms with E-state index in [0.29, 0.717) is 33.7 Å². The Hall–Kier alpha value is -6.26.